The molecule has 0 spiro atoms. The molecule has 20 heavy (non-hydrogen) atoms. The molecule has 1 aliphatic heterocycles. The zero-order chi connectivity index (χ0) is 14.5. The predicted molar refractivity (Wildman–Crippen MR) is 74.3 cm³/mol. The number of nitrogens with one attached hydrogen (secondary N) is 1. The van der Waals surface area contributed by atoms with Crippen molar-refractivity contribution in [3.63, 3.8) is 0 Å². The average Bonchev–Trinajstić information content (AvgIpc) is 2.41. The summed E-state index contributed by atoms with van der Waals surface area (Å²) >= 11 is 0. The van der Waals surface area contributed by atoms with Crippen LogP contribution in [0.1, 0.15) is 26.7 Å². The Bertz CT molecular complexity index is 426. The lowest BCUT2D eigenvalue weighted by Crippen LogP contribution is -2.36. The number of hydrogen-bond acceptors (Lipinski definition) is 3. The van der Waals surface area contributed by atoms with E-state index < -0.39 is 6.61 Å². The summed E-state index contributed by atoms with van der Waals surface area (Å²) in [7, 11) is 0. The van der Waals surface area contributed by atoms with E-state index >= 15 is 0 Å². The van der Waals surface area contributed by atoms with E-state index in [0.717, 1.165) is 12.8 Å². The van der Waals surface area contributed by atoms with E-state index in [1.54, 1.807) is 24.3 Å². The van der Waals surface area contributed by atoms with Gasteiger partial charge in [0.05, 0.1) is 11.8 Å². The fraction of sp³-hybridized carbons (Fsp3) is 0.600. The molecule has 1 heterocycles. The number of alkyl halides is 2. The van der Waals surface area contributed by atoms with E-state index in [1.807, 2.05) is 0 Å². The summed E-state index contributed by atoms with van der Waals surface area (Å²) < 4.78 is 35.0. The molecular formula is C15H21F2NO2. The summed E-state index contributed by atoms with van der Waals surface area (Å²) in [4.78, 5) is 0. The molecule has 1 saturated heterocycles. The standard InChI is InChI=1S/C15H21F2NO2/c1-10(2)14-9-11(7-8-19-14)18-12-5-3-4-6-13(12)20-15(16)17/h3-6,10-11,14-15,18H,7-9H2,1-2H3. The van der Waals surface area contributed by atoms with Crippen LogP contribution >= 0.6 is 0 Å². The third kappa shape index (κ3) is 4.07. The minimum atomic E-state index is -2.81. The van der Waals surface area contributed by atoms with Crippen molar-refractivity contribution in [1.82, 2.24) is 0 Å². The highest BCUT2D eigenvalue weighted by Crippen LogP contribution is 2.29. The molecule has 1 aromatic rings. The first-order valence-electron chi connectivity index (χ1n) is 6.98. The molecule has 3 nitrogen and oxygen atoms in total. The normalized spacial score (nSPS) is 23.1. The largest absolute Gasteiger partial charge is 0.433 e. The molecular weight excluding hydrogens is 264 g/mol. The van der Waals surface area contributed by atoms with Crippen molar-refractivity contribution in [1.29, 1.82) is 0 Å². The van der Waals surface area contributed by atoms with Crippen LogP contribution in [0.25, 0.3) is 0 Å². The first kappa shape index (κ1) is 15.0. The summed E-state index contributed by atoms with van der Waals surface area (Å²) in [6.45, 7) is 2.14. The number of hydrogen-bond donors (Lipinski definition) is 1. The van der Waals surface area contributed by atoms with Crippen molar-refractivity contribution in [2.24, 2.45) is 5.92 Å². The third-order valence-corrected chi connectivity index (χ3v) is 3.52. The molecule has 112 valence electrons. The Balaban J connectivity index is 2.02. The number of ether oxygens (including phenoxy) is 2. The van der Waals surface area contributed by atoms with Crippen LogP contribution in [0.4, 0.5) is 14.5 Å². The van der Waals surface area contributed by atoms with Gasteiger partial charge in [0, 0.05) is 12.6 Å². The summed E-state index contributed by atoms with van der Waals surface area (Å²) in [5, 5.41) is 3.30. The topological polar surface area (TPSA) is 30.5 Å². The quantitative estimate of drug-likeness (QED) is 0.890. The van der Waals surface area contributed by atoms with E-state index in [-0.39, 0.29) is 17.9 Å². The zero-order valence-corrected chi connectivity index (χ0v) is 11.8. The molecule has 0 saturated carbocycles. The monoisotopic (exact) mass is 285 g/mol. The van der Waals surface area contributed by atoms with Gasteiger partial charge in [-0.3, -0.25) is 0 Å². The van der Waals surface area contributed by atoms with Gasteiger partial charge in [-0.05, 0) is 30.9 Å². The highest BCUT2D eigenvalue weighted by atomic mass is 19.3. The number of benzene rings is 1. The molecule has 0 bridgehead atoms. The van der Waals surface area contributed by atoms with E-state index in [2.05, 4.69) is 23.9 Å². The Hall–Kier alpha value is -1.36. The van der Waals surface area contributed by atoms with Crippen LogP contribution < -0.4 is 10.1 Å². The lowest BCUT2D eigenvalue weighted by atomic mass is 9.95. The van der Waals surface area contributed by atoms with E-state index in [1.165, 1.54) is 0 Å². The Morgan fingerprint density at radius 3 is 2.75 bits per heavy atom. The maximum atomic E-state index is 12.4. The van der Waals surface area contributed by atoms with Crippen molar-refractivity contribution >= 4 is 5.69 Å². The molecule has 0 aromatic heterocycles. The molecule has 1 aliphatic rings. The average molecular weight is 285 g/mol. The second-order valence-electron chi connectivity index (χ2n) is 5.39. The number of anilines is 1. The Morgan fingerprint density at radius 2 is 2.05 bits per heavy atom. The van der Waals surface area contributed by atoms with Crippen LogP contribution in [0.5, 0.6) is 5.75 Å². The van der Waals surface area contributed by atoms with Crippen molar-refractivity contribution in [3.05, 3.63) is 24.3 Å². The number of halogens is 2. The Kier molecular flexibility index (Phi) is 5.17. The zero-order valence-electron chi connectivity index (χ0n) is 11.8. The van der Waals surface area contributed by atoms with Gasteiger partial charge in [0.25, 0.3) is 0 Å². The van der Waals surface area contributed by atoms with Crippen LogP contribution in [-0.4, -0.2) is 25.4 Å². The molecule has 2 atom stereocenters. The lowest BCUT2D eigenvalue weighted by molar-refractivity contribution is -0.0495. The Labute approximate surface area is 118 Å². The fourth-order valence-electron chi connectivity index (χ4n) is 2.43. The maximum Gasteiger partial charge on any atom is 0.387 e. The molecule has 2 rings (SSSR count). The van der Waals surface area contributed by atoms with Gasteiger partial charge in [0.1, 0.15) is 5.75 Å². The van der Waals surface area contributed by atoms with Crippen LogP contribution in [-0.2, 0) is 4.74 Å². The Morgan fingerprint density at radius 1 is 1.30 bits per heavy atom. The highest BCUT2D eigenvalue weighted by Gasteiger charge is 2.25. The number of para-hydroxylation sites is 2. The molecule has 2 unspecified atom stereocenters. The van der Waals surface area contributed by atoms with Crippen molar-refractivity contribution in [3.8, 4) is 5.75 Å². The molecule has 5 heteroatoms. The summed E-state index contributed by atoms with van der Waals surface area (Å²) in [6, 6.07) is 7.02. The summed E-state index contributed by atoms with van der Waals surface area (Å²) in [6.07, 6.45) is 1.96. The van der Waals surface area contributed by atoms with Crippen molar-refractivity contribution < 1.29 is 18.3 Å². The van der Waals surface area contributed by atoms with Gasteiger partial charge in [0.2, 0.25) is 0 Å². The first-order chi connectivity index (χ1) is 9.56. The third-order valence-electron chi connectivity index (χ3n) is 3.52. The molecule has 1 N–H and O–H groups in total. The van der Waals surface area contributed by atoms with E-state index in [9.17, 15) is 8.78 Å². The second-order valence-corrected chi connectivity index (χ2v) is 5.39. The fourth-order valence-corrected chi connectivity index (χ4v) is 2.43. The van der Waals surface area contributed by atoms with Crippen molar-refractivity contribution in [2.75, 3.05) is 11.9 Å². The first-order valence-corrected chi connectivity index (χ1v) is 6.98. The minimum absolute atomic E-state index is 0.190. The minimum Gasteiger partial charge on any atom is -0.433 e. The summed E-state index contributed by atoms with van der Waals surface area (Å²) in [5.74, 6) is 0.641. The smallest absolute Gasteiger partial charge is 0.387 e. The maximum absolute atomic E-state index is 12.4. The van der Waals surface area contributed by atoms with Gasteiger partial charge in [-0.25, -0.2) is 0 Å². The summed E-state index contributed by atoms with van der Waals surface area (Å²) in [5.41, 5.74) is 0.613. The SMILES string of the molecule is CC(C)C1CC(Nc2ccccc2OC(F)F)CCO1. The van der Waals surface area contributed by atoms with E-state index in [0.29, 0.717) is 18.2 Å². The number of rotatable bonds is 5. The molecule has 0 aliphatic carbocycles. The van der Waals surface area contributed by atoms with Crippen LogP contribution in [0.3, 0.4) is 0 Å². The van der Waals surface area contributed by atoms with Crippen LogP contribution in [0.2, 0.25) is 0 Å². The van der Waals surface area contributed by atoms with Gasteiger partial charge in [-0.2, -0.15) is 8.78 Å². The van der Waals surface area contributed by atoms with Crippen molar-refractivity contribution in [2.45, 2.75) is 45.4 Å². The van der Waals surface area contributed by atoms with Gasteiger partial charge in [-0.15, -0.1) is 0 Å². The van der Waals surface area contributed by atoms with Gasteiger partial charge >= 0.3 is 6.61 Å². The van der Waals surface area contributed by atoms with Gasteiger partial charge in [0.15, 0.2) is 0 Å². The van der Waals surface area contributed by atoms with Crippen LogP contribution in [0, 0.1) is 5.92 Å². The lowest BCUT2D eigenvalue weighted by Gasteiger charge is -2.33. The molecule has 0 amide bonds. The molecule has 0 radical (unpaired) electrons. The molecule has 1 fully saturated rings. The highest BCUT2D eigenvalue weighted by molar-refractivity contribution is 5.56. The van der Waals surface area contributed by atoms with E-state index in [4.69, 9.17) is 4.74 Å². The van der Waals surface area contributed by atoms with Gasteiger partial charge < -0.3 is 14.8 Å². The van der Waals surface area contributed by atoms with Crippen LogP contribution in [0.15, 0.2) is 24.3 Å². The molecule has 1 aromatic carbocycles. The predicted octanol–water partition coefficient (Wildman–Crippen LogP) is 3.90. The van der Waals surface area contributed by atoms with Gasteiger partial charge in [-0.1, -0.05) is 26.0 Å². The second kappa shape index (κ2) is 6.88.